The molecule has 0 saturated carbocycles. The molecule has 32 heavy (non-hydrogen) atoms. The molecule has 11 heteroatoms. The predicted octanol–water partition coefficient (Wildman–Crippen LogP) is 4.09. The van der Waals surface area contributed by atoms with E-state index in [-0.39, 0.29) is 6.04 Å². The topological polar surface area (TPSA) is 115 Å². The van der Waals surface area contributed by atoms with Crippen molar-refractivity contribution < 1.29 is 9.26 Å². The Hall–Kier alpha value is -3.60. The molecular formula is C21H22N8O2S. The first-order valence-electron chi connectivity index (χ1n) is 10.2. The van der Waals surface area contributed by atoms with Gasteiger partial charge in [-0.25, -0.2) is 19.9 Å². The monoisotopic (exact) mass is 450 g/mol. The summed E-state index contributed by atoms with van der Waals surface area (Å²) in [6, 6.07) is 3.79. The second-order valence-electron chi connectivity index (χ2n) is 7.48. The number of nitrogens with one attached hydrogen (secondary N) is 1. The molecule has 0 bridgehead atoms. The smallest absolute Gasteiger partial charge is 0.242 e. The molecule has 10 nitrogen and oxygen atoms in total. The number of hydrogen-bond donors (Lipinski definition) is 1. The molecule has 0 spiro atoms. The lowest BCUT2D eigenvalue weighted by Crippen LogP contribution is -2.25. The minimum atomic E-state index is -0.0179. The fourth-order valence-electron chi connectivity index (χ4n) is 3.78. The molecule has 1 saturated heterocycles. The van der Waals surface area contributed by atoms with Gasteiger partial charge in [0.1, 0.15) is 11.5 Å². The minimum Gasteiger partial charge on any atom is -0.479 e. The summed E-state index contributed by atoms with van der Waals surface area (Å²) in [6.07, 6.45) is 6.94. The van der Waals surface area contributed by atoms with Crippen LogP contribution in [0, 0.1) is 13.8 Å². The van der Waals surface area contributed by atoms with Gasteiger partial charge in [0.25, 0.3) is 0 Å². The van der Waals surface area contributed by atoms with Crippen molar-refractivity contribution in [2.75, 3.05) is 23.9 Å². The number of aryl methyl sites for hydroxylation is 2. The Morgan fingerprint density at radius 2 is 2.03 bits per heavy atom. The molecule has 164 valence electrons. The molecule has 1 aliphatic rings. The lowest BCUT2D eigenvalue weighted by molar-refractivity contribution is 0.361. The zero-order chi connectivity index (χ0) is 22.1. The average Bonchev–Trinajstić information content (AvgIpc) is 3.54. The van der Waals surface area contributed by atoms with E-state index in [1.54, 1.807) is 30.8 Å². The van der Waals surface area contributed by atoms with E-state index in [2.05, 4.69) is 35.3 Å². The Balaban J connectivity index is 1.42. The van der Waals surface area contributed by atoms with Crippen molar-refractivity contribution >= 4 is 28.2 Å². The van der Waals surface area contributed by atoms with Crippen LogP contribution in [0.3, 0.4) is 0 Å². The number of anilines is 3. The second-order valence-corrected chi connectivity index (χ2v) is 8.71. The first-order valence-corrected chi connectivity index (χ1v) is 11.1. The maximum absolute atomic E-state index is 5.72. The molecule has 1 N–H and O–H groups in total. The molecule has 1 aliphatic heterocycles. The Morgan fingerprint density at radius 1 is 1.16 bits per heavy atom. The predicted molar refractivity (Wildman–Crippen MR) is 120 cm³/mol. The maximum Gasteiger partial charge on any atom is 0.242 e. The number of thiazole rings is 1. The summed E-state index contributed by atoms with van der Waals surface area (Å²) in [5.74, 6) is 2.51. The van der Waals surface area contributed by atoms with Crippen LogP contribution >= 0.6 is 11.3 Å². The van der Waals surface area contributed by atoms with Gasteiger partial charge in [0, 0.05) is 47.8 Å². The van der Waals surface area contributed by atoms with Crippen molar-refractivity contribution in [1.29, 1.82) is 0 Å². The van der Waals surface area contributed by atoms with E-state index in [0.29, 0.717) is 23.2 Å². The molecule has 4 aromatic heterocycles. The number of methoxy groups -OCH3 is 1. The third-order valence-electron chi connectivity index (χ3n) is 5.17. The molecule has 1 fully saturated rings. The van der Waals surface area contributed by atoms with E-state index < -0.39 is 0 Å². The van der Waals surface area contributed by atoms with Gasteiger partial charge in [0.2, 0.25) is 11.8 Å². The SMILES string of the molecule is COc1nccnc1-c1cc([C@@H]2CCCN2c2nc(C)cc(Nc3ncc(C)s3)n2)on1. The molecule has 5 heterocycles. The quantitative estimate of drug-likeness (QED) is 0.460. The van der Waals surface area contributed by atoms with Gasteiger partial charge < -0.3 is 19.5 Å². The molecule has 0 aromatic carbocycles. The molecule has 5 rings (SSSR count). The van der Waals surface area contributed by atoms with E-state index in [0.717, 1.165) is 46.7 Å². The first-order chi connectivity index (χ1) is 15.6. The van der Waals surface area contributed by atoms with E-state index >= 15 is 0 Å². The van der Waals surface area contributed by atoms with E-state index in [4.69, 9.17) is 14.2 Å². The summed E-state index contributed by atoms with van der Waals surface area (Å²) in [5, 5.41) is 8.31. The van der Waals surface area contributed by atoms with Gasteiger partial charge in [0.05, 0.1) is 13.2 Å². The highest BCUT2D eigenvalue weighted by atomic mass is 32.1. The Morgan fingerprint density at radius 3 is 2.84 bits per heavy atom. The zero-order valence-corrected chi connectivity index (χ0v) is 18.8. The van der Waals surface area contributed by atoms with E-state index in [1.807, 2.05) is 32.2 Å². The molecule has 0 radical (unpaired) electrons. The second kappa shape index (κ2) is 8.50. The Labute approximate surface area is 188 Å². The lowest BCUT2D eigenvalue weighted by Gasteiger charge is -2.23. The van der Waals surface area contributed by atoms with Gasteiger partial charge >= 0.3 is 0 Å². The fourth-order valence-corrected chi connectivity index (χ4v) is 4.45. The summed E-state index contributed by atoms with van der Waals surface area (Å²) in [6.45, 7) is 4.81. The molecule has 4 aromatic rings. The molecule has 1 atom stereocenters. The van der Waals surface area contributed by atoms with Crippen LogP contribution in [0.25, 0.3) is 11.4 Å². The van der Waals surface area contributed by atoms with Crippen molar-refractivity contribution in [3.8, 4) is 17.3 Å². The number of nitrogens with zero attached hydrogens (tertiary/aromatic N) is 7. The van der Waals surface area contributed by atoms with Crippen LogP contribution in [0.1, 0.15) is 35.2 Å². The third kappa shape index (κ3) is 3.98. The standard InChI is InChI=1S/C21H22N8O2S/c1-12-9-17(27-21-24-11-13(2)32-21)26-20(25-12)29-8-4-5-15(29)16-10-14(28-31-16)18-19(30-3)23-7-6-22-18/h6-7,9-11,15H,4-5,8H2,1-3H3,(H,24,25,26,27)/t15-/m0/s1. The Kier molecular flexibility index (Phi) is 5.39. The van der Waals surface area contributed by atoms with Crippen molar-refractivity contribution in [2.24, 2.45) is 0 Å². The average molecular weight is 451 g/mol. The van der Waals surface area contributed by atoms with Crippen LogP contribution in [-0.4, -0.2) is 43.7 Å². The fraction of sp³-hybridized carbons (Fsp3) is 0.333. The summed E-state index contributed by atoms with van der Waals surface area (Å²) in [7, 11) is 1.56. The molecule has 0 aliphatic carbocycles. The van der Waals surface area contributed by atoms with Crippen LogP contribution in [0.2, 0.25) is 0 Å². The number of ether oxygens (including phenoxy) is 1. The lowest BCUT2D eigenvalue weighted by atomic mass is 10.1. The van der Waals surface area contributed by atoms with Gasteiger partial charge in [-0.3, -0.25) is 0 Å². The van der Waals surface area contributed by atoms with Crippen molar-refractivity contribution in [3.05, 3.63) is 47.1 Å². The van der Waals surface area contributed by atoms with Crippen molar-refractivity contribution in [1.82, 2.24) is 30.1 Å². The van der Waals surface area contributed by atoms with Crippen LogP contribution in [-0.2, 0) is 0 Å². The summed E-state index contributed by atoms with van der Waals surface area (Å²) >= 11 is 1.59. The van der Waals surface area contributed by atoms with Crippen LogP contribution in [0.15, 0.2) is 35.2 Å². The first kappa shape index (κ1) is 20.3. The van der Waals surface area contributed by atoms with Crippen molar-refractivity contribution in [2.45, 2.75) is 32.7 Å². The normalized spacial score (nSPS) is 15.8. The highest BCUT2D eigenvalue weighted by molar-refractivity contribution is 7.15. The molecule has 0 unspecified atom stereocenters. The highest BCUT2D eigenvalue weighted by Crippen LogP contribution is 2.37. The number of rotatable bonds is 6. The van der Waals surface area contributed by atoms with Gasteiger partial charge in [-0.1, -0.05) is 5.16 Å². The maximum atomic E-state index is 5.72. The van der Waals surface area contributed by atoms with Gasteiger partial charge in [0.15, 0.2) is 16.6 Å². The van der Waals surface area contributed by atoms with E-state index in [9.17, 15) is 0 Å². The van der Waals surface area contributed by atoms with Gasteiger partial charge in [-0.15, -0.1) is 11.3 Å². The van der Waals surface area contributed by atoms with Gasteiger partial charge in [-0.2, -0.15) is 4.98 Å². The van der Waals surface area contributed by atoms with Crippen molar-refractivity contribution in [3.63, 3.8) is 0 Å². The largest absolute Gasteiger partial charge is 0.479 e. The van der Waals surface area contributed by atoms with Crippen LogP contribution < -0.4 is 15.0 Å². The van der Waals surface area contributed by atoms with Gasteiger partial charge in [-0.05, 0) is 26.7 Å². The molecular weight excluding hydrogens is 428 g/mol. The zero-order valence-electron chi connectivity index (χ0n) is 17.9. The number of hydrogen-bond acceptors (Lipinski definition) is 11. The summed E-state index contributed by atoms with van der Waals surface area (Å²) < 4.78 is 11.0. The summed E-state index contributed by atoms with van der Waals surface area (Å²) in [5.41, 5.74) is 2.01. The third-order valence-corrected chi connectivity index (χ3v) is 5.99. The minimum absolute atomic E-state index is 0.0179. The van der Waals surface area contributed by atoms with E-state index in [1.165, 1.54) is 0 Å². The summed E-state index contributed by atoms with van der Waals surface area (Å²) in [4.78, 5) is 25.6. The molecule has 0 amide bonds. The highest BCUT2D eigenvalue weighted by Gasteiger charge is 2.32. The number of aromatic nitrogens is 6. The Bertz CT molecular complexity index is 1240. The van der Waals surface area contributed by atoms with Crippen LogP contribution in [0.5, 0.6) is 5.88 Å². The van der Waals surface area contributed by atoms with Crippen LogP contribution in [0.4, 0.5) is 16.9 Å².